The van der Waals surface area contributed by atoms with Crippen LogP contribution in [0.5, 0.6) is 0 Å². The van der Waals surface area contributed by atoms with Gasteiger partial charge in [0.1, 0.15) is 5.78 Å². The lowest BCUT2D eigenvalue weighted by Crippen LogP contribution is -2.09. The SMILES string of the molecule is CC(=O)CC(CC(=O)O)c1ccc(Br)cc1. The zero-order valence-corrected chi connectivity index (χ0v) is 10.5. The maximum absolute atomic E-state index is 11.1. The highest BCUT2D eigenvalue weighted by Gasteiger charge is 2.17. The number of ketones is 1. The van der Waals surface area contributed by atoms with E-state index < -0.39 is 5.97 Å². The smallest absolute Gasteiger partial charge is 0.303 e. The molecule has 0 amide bonds. The van der Waals surface area contributed by atoms with Crippen molar-refractivity contribution in [1.82, 2.24) is 0 Å². The summed E-state index contributed by atoms with van der Waals surface area (Å²) in [7, 11) is 0. The van der Waals surface area contributed by atoms with Gasteiger partial charge in [-0.1, -0.05) is 28.1 Å². The lowest BCUT2D eigenvalue weighted by molar-refractivity contribution is -0.137. The van der Waals surface area contributed by atoms with E-state index in [0.29, 0.717) is 0 Å². The van der Waals surface area contributed by atoms with Crippen molar-refractivity contribution in [2.24, 2.45) is 0 Å². The van der Waals surface area contributed by atoms with Crippen molar-refractivity contribution in [3.8, 4) is 0 Å². The zero-order chi connectivity index (χ0) is 12.1. The molecule has 3 nitrogen and oxygen atoms in total. The van der Waals surface area contributed by atoms with Gasteiger partial charge in [0.25, 0.3) is 0 Å². The van der Waals surface area contributed by atoms with E-state index in [2.05, 4.69) is 15.9 Å². The molecule has 0 fully saturated rings. The average Bonchev–Trinajstić information content (AvgIpc) is 2.16. The van der Waals surface area contributed by atoms with Gasteiger partial charge in [-0.3, -0.25) is 4.79 Å². The standard InChI is InChI=1S/C12H13BrO3/c1-8(14)6-10(7-12(15)16)9-2-4-11(13)5-3-9/h2-5,10H,6-7H2,1H3,(H,15,16). The summed E-state index contributed by atoms with van der Waals surface area (Å²) >= 11 is 3.31. The Morgan fingerprint density at radius 3 is 2.25 bits per heavy atom. The summed E-state index contributed by atoms with van der Waals surface area (Å²) in [4.78, 5) is 21.8. The van der Waals surface area contributed by atoms with Crippen molar-refractivity contribution >= 4 is 27.7 Å². The summed E-state index contributed by atoms with van der Waals surface area (Å²) < 4.78 is 0.938. The van der Waals surface area contributed by atoms with Crippen LogP contribution in [-0.2, 0) is 9.59 Å². The number of hydrogen-bond acceptors (Lipinski definition) is 2. The average molecular weight is 285 g/mol. The Balaban J connectivity index is 2.86. The predicted molar refractivity (Wildman–Crippen MR) is 64.4 cm³/mol. The van der Waals surface area contributed by atoms with Gasteiger partial charge in [0, 0.05) is 16.8 Å². The fourth-order valence-corrected chi connectivity index (χ4v) is 1.86. The Labute approximate surface area is 103 Å². The Bertz CT molecular complexity index is 368. The van der Waals surface area contributed by atoms with Gasteiger partial charge in [-0.05, 0) is 24.6 Å². The number of carboxylic acid groups (broad SMARTS) is 1. The van der Waals surface area contributed by atoms with Gasteiger partial charge in [0.2, 0.25) is 0 Å². The summed E-state index contributed by atoms with van der Waals surface area (Å²) in [6.07, 6.45) is 0.259. The molecule has 0 aliphatic carbocycles. The normalized spacial score (nSPS) is 12.1. The molecule has 86 valence electrons. The number of hydrogen-bond donors (Lipinski definition) is 1. The van der Waals surface area contributed by atoms with Crippen LogP contribution in [0.4, 0.5) is 0 Å². The highest BCUT2D eigenvalue weighted by Crippen LogP contribution is 2.25. The Morgan fingerprint density at radius 1 is 1.25 bits per heavy atom. The molecule has 1 aromatic carbocycles. The van der Waals surface area contributed by atoms with Crippen molar-refractivity contribution in [3.63, 3.8) is 0 Å². The van der Waals surface area contributed by atoms with Gasteiger partial charge < -0.3 is 9.90 Å². The summed E-state index contributed by atoms with van der Waals surface area (Å²) in [5, 5.41) is 8.79. The number of rotatable bonds is 5. The Kier molecular flexibility index (Phi) is 4.68. The first-order chi connectivity index (χ1) is 7.49. The lowest BCUT2D eigenvalue weighted by Gasteiger charge is -2.13. The summed E-state index contributed by atoms with van der Waals surface area (Å²) in [5.74, 6) is -1.11. The van der Waals surface area contributed by atoms with E-state index >= 15 is 0 Å². The molecular weight excluding hydrogens is 272 g/mol. The molecule has 0 heterocycles. The number of aliphatic carboxylic acids is 1. The molecule has 16 heavy (non-hydrogen) atoms. The predicted octanol–water partition coefficient (Wildman–Crippen LogP) is 2.99. The molecule has 1 unspecified atom stereocenters. The third kappa shape index (κ3) is 4.14. The van der Waals surface area contributed by atoms with Crippen molar-refractivity contribution in [3.05, 3.63) is 34.3 Å². The molecular formula is C12H13BrO3. The molecule has 0 aromatic heterocycles. The first-order valence-electron chi connectivity index (χ1n) is 4.95. The second-order valence-corrected chi connectivity index (χ2v) is 4.67. The molecule has 0 spiro atoms. The molecule has 0 aliphatic rings. The van der Waals surface area contributed by atoms with E-state index in [9.17, 15) is 9.59 Å². The van der Waals surface area contributed by atoms with Gasteiger partial charge >= 0.3 is 5.97 Å². The van der Waals surface area contributed by atoms with E-state index in [1.54, 1.807) is 0 Å². The van der Waals surface area contributed by atoms with Crippen LogP contribution in [0.3, 0.4) is 0 Å². The second-order valence-electron chi connectivity index (χ2n) is 3.75. The number of carbonyl (C=O) groups excluding carboxylic acids is 1. The molecule has 0 saturated carbocycles. The van der Waals surface area contributed by atoms with Crippen molar-refractivity contribution < 1.29 is 14.7 Å². The monoisotopic (exact) mass is 284 g/mol. The first kappa shape index (κ1) is 12.9. The topological polar surface area (TPSA) is 54.4 Å². The number of halogens is 1. The Morgan fingerprint density at radius 2 is 1.81 bits per heavy atom. The molecule has 1 rings (SSSR count). The molecule has 0 aliphatic heterocycles. The van der Waals surface area contributed by atoms with Crippen LogP contribution in [0, 0.1) is 0 Å². The number of carboxylic acids is 1. The van der Waals surface area contributed by atoms with Crippen molar-refractivity contribution in [1.29, 1.82) is 0 Å². The highest BCUT2D eigenvalue weighted by molar-refractivity contribution is 9.10. The van der Waals surface area contributed by atoms with Crippen LogP contribution in [0.2, 0.25) is 0 Å². The number of Topliss-reactive ketones (excluding diaryl/α,β-unsaturated/α-hetero) is 1. The van der Waals surface area contributed by atoms with Crippen LogP contribution in [0.15, 0.2) is 28.7 Å². The molecule has 1 aromatic rings. The summed E-state index contributed by atoms with van der Waals surface area (Å²) in [6, 6.07) is 7.40. The van der Waals surface area contributed by atoms with E-state index in [1.165, 1.54) is 6.92 Å². The minimum absolute atomic E-state index is 0.00849. The molecule has 0 saturated heterocycles. The molecule has 4 heteroatoms. The van der Waals surface area contributed by atoms with Crippen LogP contribution in [-0.4, -0.2) is 16.9 Å². The molecule has 0 bridgehead atoms. The molecule has 0 radical (unpaired) electrons. The number of benzene rings is 1. The van der Waals surface area contributed by atoms with Gasteiger partial charge in [-0.2, -0.15) is 0 Å². The maximum atomic E-state index is 11.1. The summed E-state index contributed by atoms with van der Waals surface area (Å²) in [5.41, 5.74) is 0.890. The maximum Gasteiger partial charge on any atom is 0.303 e. The van der Waals surface area contributed by atoms with Gasteiger partial charge in [0.05, 0.1) is 6.42 Å². The fourth-order valence-electron chi connectivity index (χ4n) is 1.60. The first-order valence-corrected chi connectivity index (χ1v) is 5.75. The van der Waals surface area contributed by atoms with Crippen LogP contribution < -0.4 is 0 Å². The van der Waals surface area contributed by atoms with E-state index in [0.717, 1.165) is 10.0 Å². The minimum Gasteiger partial charge on any atom is -0.481 e. The van der Waals surface area contributed by atoms with E-state index in [-0.39, 0.29) is 24.5 Å². The van der Waals surface area contributed by atoms with Crippen LogP contribution >= 0.6 is 15.9 Å². The van der Waals surface area contributed by atoms with Gasteiger partial charge in [-0.25, -0.2) is 0 Å². The second kappa shape index (κ2) is 5.80. The van der Waals surface area contributed by atoms with E-state index in [1.807, 2.05) is 24.3 Å². The lowest BCUT2D eigenvalue weighted by atomic mass is 9.91. The van der Waals surface area contributed by atoms with Gasteiger partial charge in [-0.15, -0.1) is 0 Å². The van der Waals surface area contributed by atoms with Gasteiger partial charge in [0.15, 0.2) is 0 Å². The van der Waals surface area contributed by atoms with E-state index in [4.69, 9.17) is 5.11 Å². The fraction of sp³-hybridized carbons (Fsp3) is 0.333. The van der Waals surface area contributed by atoms with Crippen LogP contribution in [0.1, 0.15) is 31.2 Å². The zero-order valence-electron chi connectivity index (χ0n) is 8.94. The molecule has 1 atom stereocenters. The van der Waals surface area contributed by atoms with Crippen molar-refractivity contribution in [2.45, 2.75) is 25.7 Å². The third-order valence-electron chi connectivity index (χ3n) is 2.30. The van der Waals surface area contributed by atoms with Crippen molar-refractivity contribution in [2.75, 3.05) is 0 Å². The third-order valence-corrected chi connectivity index (χ3v) is 2.82. The summed E-state index contributed by atoms with van der Waals surface area (Å²) in [6.45, 7) is 1.48. The largest absolute Gasteiger partial charge is 0.481 e. The quantitative estimate of drug-likeness (QED) is 0.904. The molecule has 1 N–H and O–H groups in total. The number of carbonyl (C=O) groups is 2. The minimum atomic E-state index is -0.880. The Hall–Kier alpha value is -1.16. The highest BCUT2D eigenvalue weighted by atomic mass is 79.9. The van der Waals surface area contributed by atoms with Crippen LogP contribution in [0.25, 0.3) is 0 Å².